The molecule has 3 heterocycles. The fourth-order valence-corrected chi connectivity index (χ4v) is 4.46. The molecule has 1 fully saturated rings. The second-order valence-corrected chi connectivity index (χ2v) is 8.43. The van der Waals surface area contributed by atoms with E-state index < -0.39 is 0 Å². The van der Waals surface area contributed by atoms with Crippen LogP contribution in [0.25, 0.3) is 0 Å². The number of aromatic nitrogens is 2. The molecule has 8 heteroatoms. The highest BCUT2D eigenvalue weighted by molar-refractivity contribution is 6.12. The fraction of sp³-hybridized carbons (Fsp3) is 0.435. The maximum Gasteiger partial charge on any atom is 0.253 e. The average molecular weight is 419 g/mol. The molecule has 0 spiro atoms. The number of piperazine rings is 1. The van der Waals surface area contributed by atoms with Crippen molar-refractivity contribution in [2.24, 2.45) is 5.10 Å². The minimum atomic E-state index is -0.0435. The molecule has 1 saturated heterocycles. The van der Waals surface area contributed by atoms with E-state index in [2.05, 4.69) is 26.3 Å². The van der Waals surface area contributed by atoms with E-state index in [1.54, 1.807) is 24.3 Å². The molecule has 0 radical (unpaired) electrons. The molecule has 0 N–H and O–H groups in total. The molecular weight excluding hydrogens is 392 g/mol. The van der Waals surface area contributed by atoms with Gasteiger partial charge in [-0.25, -0.2) is 5.01 Å². The highest BCUT2D eigenvalue weighted by Gasteiger charge is 2.26. The number of amides is 2. The number of carbonyl (C=O) groups excluding carboxylic acids is 2. The van der Waals surface area contributed by atoms with Crippen molar-refractivity contribution in [3.05, 3.63) is 47.2 Å². The third-order valence-electron chi connectivity index (χ3n) is 6.22. The second kappa shape index (κ2) is 8.09. The SMILES string of the molecule is CC1=NN(c2ccc(C(=O)N3CCN(c4cc5c(nn4)CCCC5)CC3)cc2)C(=O)C1. The van der Waals surface area contributed by atoms with E-state index in [1.807, 2.05) is 11.8 Å². The molecule has 0 bridgehead atoms. The first-order valence-electron chi connectivity index (χ1n) is 11.0. The minimum Gasteiger partial charge on any atom is -0.352 e. The Bertz CT molecular complexity index is 1040. The first-order chi connectivity index (χ1) is 15.1. The number of aryl methyl sites for hydroxylation is 2. The zero-order chi connectivity index (χ0) is 21.4. The Balaban J connectivity index is 1.22. The summed E-state index contributed by atoms with van der Waals surface area (Å²) in [7, 11) is 0. The maximum absolute atomic E-state index is 13.0. The topological polar surface area (TPSA) is 82.0 Å². The molecule has 8 nitrogen and oxygen atoms in total. The van der Waals surface area contributed by atoms with Gasteiger partial charge < -0.3 is 9.80 Å². The average Bonchev–Trinajstić information content (AvgIpc) is 3.16. The largest absolute Gasteiger partial charge is 0.352 e. The first kappa shape index (κ1) is 19.7. The van der Waals surface area contributed by atoms with Gasteiger partial charge in [-0.15, -0.1) is 5.10 Å². The van der Waals surface area contributed by atoms with Gasteiger partial charge in [0.15, 0.2) is 5.82 Å². The monoisotopic (exact) mass is 418 g/mol. The molecule has 2 aliphatic heterocycles. The summed E-state index contributed by atoms with van der Waals surface area (Å²) in [6.45, 7) is 4.62. The van der Waals surface area contributed by atoms with Crippen molar-refractivity contribution < 1.29 is 9.59 Å². The van der Waals surface area contributed by atoms with Crippen LogP contribution in [-0.2, 0) is 17.6 Å². The highest BCUT2D eigenvalue weighted by atomic mass is 16.2. The molecule has 0 unspecified atom stereocenters. The van der Waals surface area contributed by atoms with Gasteiger partial charge in [-0.3, -0.25) is 9.59 Å². The molecule has 0 atom stereocenters. The number of nitrogens with zero attached hydrogens (tertiary/aromatic N) is 6. The number of carbonyl (C=O) groups is 2. The number of hydrogen-bond acceptors (Lipinski definition) is 6. The van der Waals surface area contributed by atoms with Crippen molar-refractivity contribution in [1.29, 1.82) is 0 Å². The Hall–Kier alpha value is -3.29. The van der Waals surface area contributed by atoms with Crippen LogP contribution in [0.1, 0.15) is 47.8 Å². The quantitative estimate of drug-likeness (QED) is 0.765. The van der Waals surface area contributed by atoms with Crippen LogP contribution in [0.3, 0.4) is 0 Å². The summed E-state index contributed by atoms with van der Waals surface area (Å²) < 4.78 is 0. The van der Waals surface area contributed by atoms with Crippen LogP contribution in [0.15, 0.2) is 35.4 Å². The van der Waals surface area contributed by atoms with E-state index in [4.69, 9.17) is 0 Å². The number of benzene rings is 1. The van der Waals surface area contributed by atoms with E-state index >= 15 is 0 Å². The lowest BCUT2D eigenvalue weighted by atomic mass is 9.97. The predicted octanol–water partition coefficient (Wildman–Crippen LogP) is 2.43. The summed E-state index contributed by atoms with van der Waals surface area (Å²) in [5, 5.41) is 14.5. The molecule has 2 aromatic rings. The molecule has 31 heavy (non-hydrogen) atoms. The van der Waals surface area contributed by atoms with Crippen LogP contribution in [0, 0.1) is 0 Å². The lowest BCUT2D eigenvalue weighted by Gasteiger charge is -2.35. The van der Waals surface area contributed by atoms with E-state index in [9.17, 15) is 9.59 Å². The van der Waals surface area contributed by atoms with Gasteiger partial charge in [0, 0.05) is 37.5 Å². The highest BCUT2D eigenvalue weighted by Crippen LogP contribution is 2.24. The van der Waals surface area contributed by atoms with Crippen LogP contribution in [0.2, 0.25) is 0 Å². The van der Waals surface area contributed by atoms with Crippen LogP contribution in [0.5, 0.6) is 0 Å². The van der Waals surface area contributed by atoms with E-state index in [0.717, 1.165) is 43.2 Å². The second-order valence-electron chi connectivity index (χ2n) is 8.43. The summed E-state index contributed by atoms with van der Waals surface area (Å²) in [4.78, 5) is 29.0. The molecule has 5 rings (SSSR count). The third kappa shape index (κ3) is 3.89. The third-order valence-corrected chi connectivity index (χ3v) is 6.22. The van der Waals surface area contributed by atoms with Crippen LogP contribution in [0.4, 0.5) is 11.5 Å². The number of anilines is 2. The van der Waals surface area contributed by atoms with Gasteiger partial charge in [0.1, 0.15) is 0 Å². The molecular formula is C23H26N6O2. The molecule has 1 aliphatic carbocycles. The van der Waals surface area contributed by atoms with Gasteiger partial charge in [-0.05, 0) is 68.5 Å². The molecule has 3 aliphatic rings. The van der Waals surface area contributed by atoms with Gasteiger partial charge in [-0.2, -0.15) is 10.2 Å². The van der Waals surface area contributed by atoms with Crippen molar-refractivity contribution in [1.82, 2.24) is 15.1 Å². The molecule has 1 aromatic carbocycles. The lowest BCUT2D eigenvalue weighted by Crippen LogP contribution is -2.49. The smallest absolute Gasteiger partial charge is 0.253 e. The van der Waals surface area contributed by atoms with Crippen LogP contribution < -0.4 is 9.91 Å². The van der Waals surface area contributed by atoms with E-state index in [-0.39, 0.29) is 11.8 Å². The van der Waals surface area contributed by atoms with Crippen molar-refractivity contribution in [2.45, 2.75) is 39.0 Å². The van der Waals surface area contributed by atoms with Gasteiger partial charge in [0.25, 0.3) is 11.8 Å². The normalized spacial score (nSPS) is 18.8. The summed E-state index contributed by atoms with van der Waals surface area (Å²) in [5.74, 6) is 0.886. The van der Waals surface area contributed by atoms with E-state index in [0.29, 0.717) is 30.8 Å². The van der Waals surface area contributed by atoms with Gasteiger partial charge in [-0.1, -0.05) is 0 Å². The van der Waals surface area contributed by atoms with Crippen molar-refractivity contribution in [3.63, 3.8) is 0 Å². The predicted molar refractivity (Wildman–Crippen MR) is 118 cm³/mol. The van der Waals surface area contributed by atoms with Gasteiger partial charge >= 0.3 is 0 Å². The van der Waals surface area contributed by atoms with Crippen molar-refractivity contribution in [2.75, 3.05) is 36.1 Å². The molecule has 1 aromatic heterocycles. The van der Waals surface area contributed by atoms with Crippen molar-refractivity contribution in [3.8, 4) is 0 Å². The number of hydrazone groups is 1. The lowest BCUT2D eigenvalue weighted by molar-refractivity contribution is -0.116. The van der Waals surface area contributed by atoms with Gasteiger partial charge in [0.05, 0.1) is 17.8 Å². The Kier molecular flexibility index (Phi) is 5.13. The van der Waals surface area contributed by atoms with Crippen LogP contribution in [-0.4, -0.2) is 58.8 Å². The Labute approximate surface area is 181 Å². The molecule has 160 valence electrons. The molecule has 0 saturated carbocycles. The zero-order valence-corrected chi connectivity index (χ0v) is 17.8. The standard InChI is InChI=1S/C23H26N6O2/c1-16-14-22(30)29(26-16)19-8-6-17(7-9-19)23(31)28-12-10-27(11-13-28)21-15-18-4-2-3-5-20(18)24-25-21/h6-9,15H,2-5,10-14H2,1H3. The fourth-order valence-electron chi connectivity index (χ4n) is 4.46. The molecule has 2 amide bonds. The number of fused-ring (bicyclic) bond motifs is 1. The minimum absolute atomic E-state index is 0.00940. The first-order valence-corrected chi connectivity index (χ1v) is 11.0. The summed E-state index contributed by atoms with van der Waals surface area (Å²) in [6.07, 6.45) is 4.88. The number of rotatable bonds is 3. The van der Waals surface area contributed by atoms with Gasteiger partial charge in [0.2, 0.25) is 0 Å². The number of hydrogen-bond donors (Lipinski definition) is 0. The Morgan fingerprint density at radius 1 is 0.968 bits per heavy atom. The summed E-state index contributed by atoms with van der Waals surface area (Å²) in [5.41, 5.74) is 4.58. The van der Waals surface area contributed by atoms with E-state index in [1.165, 1.54) is 23.4 Å². The Morgan fingerprint density at radius 2 is 1.71 bits per heavy atom. The summed E-state index contributed by atoms with van der Waals surface area (Å²) >= 11 is 0. The zero-order valence-electron chi connectivity index (χ0n) is 17.8. The summed E-state index contributed by atoms with van der Waals surface area (Å²) in [6, 6.07) is 9.30. The van der Waals surface area contributed by atoms with Crippen molar-refractivity contribution >= 4 is 29.0 Å². The van der Waals surface area contributed by atoms with Crippen LogP contribution >= 0.6 is 0 Å². The maximum atomic E-state index is 13.0. The Morgan fingerprint density at radius 3 is 2.42 bits per heavy atom.